The predicted molar refractivity (Wildman–Crippen MR) is 79.8 cm³/mol. The van der Waals surface area contributed by atoms with Gasteiger partial charge in [-0.1, -0.05) is 19.9 Å². The highest BCUT2D eigenvalue weighted by atomic mass is 16.6. The zero-order valence-corrected chi connectivity index (χ0v) is 12.6. The number of rotatable bonds is 5. The van der Waals surface area contributed by atoms with E-state index in [-0.39, 0.29) is 17.6 Å². The summed E-state index contributed by atoms with van der Waals surface area (Å²) in [5.41, 5.74) is -0.564. The van der Waals surface area contributed by atoms with Crippen molar-refractivity contribution in [3.05, 3.63) is 33.9 Å². The van der Waals surface area contributed by atoms with Gasteiger partial charge in [-0.25, -0.2) is 0 Å². The van der Waals surface area contributed by atoms with Crippen LogP contribution in [0.5, 0.6) is 5.75 Å². The van der Waals surface area contributed by atoms with Crippen molar-refractivity contribution in [2.75, 3.05) is 13.2 Å². The Morgan fingerprint density at radius 1 is 1.55 bits per heavy atom. The zero-order chi connectivity index (χ0) is 16.3. The first-order valence-corrected chi connectivity index (χ1v) is 7.28. The van der Waals surface area contributed by atoms with Crippen molar-refractivity contribution in [2.24, 2.45) is 11.8 Å². The fraction of sp³-hybridized carbons (Fsp3) is 0.533. The van der Waals surface area contributed by atoms with E-state index in [9.17, 15) is 20.0 Å². The van der Waals surface area contributed by atoms with Gasteiger partial charge in [0.15, 0.2) is 0 Å². The fourth-order valence-corrected chi connectivity index (χ4v) is 2.79. The van der Waals surface area contributed by atoms with Crippen molar-refractivity contribution in [1.82, 2.24) is 5.32 Å². The molecule has 1 aromatic carbocycles. The lowest BCUT2D eigenvalue weighted by Crippen LogP contribution is -2.34. The Morgan fingerprint density at radius 2 is 2.27 bits per heavy atom. The van der Waals surface area contributed by atoms with Crippen LogP contribution >= 0.6 is 0 Å². The second-order valence-electron chi connectivity index (χ2n) is 5.77. The molecule has 0 spiro atoms. The Balaban J connectivity index is 2.04. The van der Waals surface area contributed by atoms with Crippen LogP contribution in [0.2, 0.25) is 0 Å². The van der Waals surface area contributed by atoms with Crippen LogP contribution in [-0.4, -0.2) is 35.2 Å². The number of aromatic hydroxyl groups is 1. The molecule has 1 amide bonds. The van der Waals surface area contributed by atoms with Gasteiger partial charge in [-0.2, -0.15) is 0 Å². The van der Waals surface area contributed by atoms with Crippen molar-refractivity contribution in [2.45, 2.75) is 26.4 Å². The van der Waals surface area contributed by atoms with Crippen molar-refractivity contribution in [3.8, 4) is 5.75 Å². The van der Waals surface area contributed by atoms with E-state index in [0.717, 1.165) is 12.5 Å². The number of nitro groups is 1. The van der Waals surface area contributed by atoms with E-state index in [1.807, 2.05) is 0 Å². The summed E-state index contributed by atoms with van der Waals surface area (Å²) >= 11 is 0. The van der Waals surface area contributed by atoms with Gasteiger partial charge in [0.2, 0.25) is 5.75 Å². The lowest BCUT2D eigenvalue weighted by atomic mass is 9.93. The van der Waals surface area contributed by atoms with Gasteiger partial charge >= 0.3 is 5.69 Å². The minimum absolute atomic E-state index is 0.0887. The maximum atomic E-state index is 12.1. The van der Waals surface area contributed by atoms with Gasteiger partial charge in [-0.05, 0) is 18.4 Å². The first kappa shape index (κ1) is 16.2. The van der Waals surface area contributed by atoms with Gasteiger partial charge in [0.05, 0.1) is 16.6 Å². The summed E-state index contributed by atoms with van der Waals surface area (Å²) in [6.07, 6.45) is 0.961. The Bertz CT molecular complexity index is 573. The number of nitrogens with zero attached hydrogens (tertiary/aromatic N) is 1. The monoisotopic (exact) mass is 308 g/mol. The number of phenols is 1. The van der Waals surface area contributed by atoms with Crippen LogP contribution in [-0.2, 0) is 4.74 Å². The molecule has 1 aromatic rings. The van der Waals surface area contributed by atoms with Crippen molar-refractivity contribution in [3.63, 3.8) is 0 Å². The van der Waals surface area contributed by atoms with Gasteiger partial charge in [0.25, 0.3) is 5.91 Å². The van der Waals surface area contributed by atoms with Crippen LogP contribution < -0.4 is 5.32 Å². The van der Waals surface area contributed by atoms with Crippen LogP contribution in [0.25, 0.3) is 0 Å². The van der Waals surface area contributed by atoms with Crippen LogP contribution in [0.1, 0.15) is 30.6 Å². The van der Waals surface area contributed by atoms with E-state index in [0.29, 0.717) is 19.1 Å². The quantitative estimate of drug-likeness (QED) is 0.640. The number of carbonyl (C=O) groups excluding carboxylic acids is 1. The summed E-state index contributed by atoms with van der Waals surface area (Å²) in [4.78, 5) is 22.2. The highest BCUT2D eigenvalue weighted by Gasteiger charge is 2.31. The second kappa shape index (κ2) is 6.74. The molecule has 1 heterocycles. The predicted octanol–water partition coefficient (Wildman–Crippen LogP) is 2.09. The molecule has 0 aromatic heterocycles. The molecule has 2 rings (SSSR count). The molecule has 7 nitrogen and oxygen atoms in total. The van der Waals surface area contributed by atoms with Crippen molar-refractivity contribution < 1.29 is 19.6 Å². The molecular weight excluding hydrogens is 288 g/mol. The van der Waals surface area contributed by atoms with Gasteiger partial charge < -0.3 is 15.2 Å². The van der Waals surface area contributed by atoms with Crippen LogP contribution in [0.3, 0.4) is 0 Å². The number of nitrogens with one attached hydrogen (secondary N) is 1. The first-order valence-electron chi connectivity index (χ1n) is 7.28. The second-order valence-corrected chi connectivity index (χ2v) is 5.77. The summed E-state index contributed by atoms with van der Waals surface area (Å²) in [6, 6.07) is 3.90. The molecule has 2 atom stereocenters. The van der Waals surface area contributed by atoms with Gasteiger partial charge in [-0.15, -0.1) is 0 Å². The standard InChI is InChI=1S/C15H20N2O5/c1-9(2)14-10(6-7-22-14)8-16-15(19)11-4-3-5-12(13(11)18)17(20)21/h3-5,9-10,14,18H,6-8H2,1-2H3,(H,16,19)/t10-,14-/m0/s1. The topological polar surface area (TPSA) is 102 Å². The summed E-state index contributed by atoms with van der Waals surface area (Å²) in [6.45, 7) is 5.23. The summed E-state index contributed by atoms with van der Waals surface area (Å²) in [5, 5.41) is 23.3. The number of benzene rings is 1. The molecule has 0 unspecified atom stereocenters. The number of nitro benzene ring substituents is 1. The number of para-hydroxylation sites is 1. The van der Waals surface area contributed by atoms with E-state index in [4.69, 9.17) is 4.74 Å². The number of amides is 1. The molecule has 22 heavy (non-hydrogen) atoms. The van der Waals surface area contributed by atoms with Crippen LogP contribution in [0.4, 0.5) is 5.69 Å². The van der Waals surface area contributed by atoms with Crippen molar-refractivity contribution >= 4 is 11.6 Å². The largest absolute Gasteiger partial charge is 0.502 e. The summed E-state index contributed by atoms with van der Waals surface area (Å²) < 4.78 is 5.65. The lowest BCUT2D eigenvalue weighted by Gasteiger charge is -2.22. The highest BCUT2D eigenvalue weighted by molar-refractivity contribution is 5.98. The Hall–Kier alpha value is -2.15. The third-order valence-electron chi connectivity index (χ3n) is 3.90. The number of ether oxygens (including phenoxy) is 1. The van der Waals surface area contributed by atoms with Crippen molar-refractivity contribution in [1.29, 1.82) is 0 Å². The molecular formula is C15H20N2O5. The fourth-order valence-electron chi connectivity index (χ4n) is 2.79. The van der Waals surface area contributed by atoms with Crippen LogP contribution in [0, 0.1) is 22.0 Å². The van der Waals surface area contributed by atoms with Gasteiger partial charge in [-0.3, -0.25) is 14.9 Å². The molecule has 0 saturated carbocycles. The molecule has 0 radical (unpaired) electrons. The van der Waals surface area contributed by atoms with E-state index in [1.165, 1.54) is 12.1 Å². The van der Waals surface area contributed by atoms with Gasteiger partial charge in [0, 0.05) is 25.1 Å². The third kappa shape index (κ3) is 3.36. The summed E-state index contributed by atoms with van der Waals surface area (Å²) in [5.74, 6) is -0.552. The normalized spacial score (nSPS) is 21.0. The summed E-state index contributed by atoms with van der Waals surface area (Å²) in [7, 11) is 0. The smallest absolute Gasteiger partial charge is 0.311 e. The molecule has 0 aliphatic carbocycles. The Morgan fingerprint density at radius 3 is 2.91 bits per heavy atom. The molecule has 2 N–H and O–H groups in total. The molecule has 1 aliphatic heterocycles. The van der Waals surface area contributed by atoms with E-state index >= 15 is 0 Å². The Kier molecular flexibility index (Phi) is 4.97. The minimum atomic E-state index is -0.717. The number of hydrogen-bond acceptors (Lipinski definition) is 5. The maximum Gasteiger partial charge on any atom is 0.311 e. The minimum Gasteiger partial charge on any atom is -0.502 e. The Labute approximate surface area is 128 Å². The van der Waals surface area contributed by atoms with Crippen LogP contribution in [0.15, 0.2) is 18.2 Å². The molecule has 1 aliphatic rings. The molecule has 7 heteroatoms. The average Bonchev–Trinajstić information content (AvgIpc) is 2.93. The highest BCUT2D eigenvalue weighted by Crippen LogP contribution is 2.30. The van der Waals surface area contributed by atoms with E-state index < -0.39 is 22.3 Å². The number of carbonyl (C=O) groups is 1. The van der Waals surface area contributed by atoms with Gasteiger partial charge in [0.1, 0.15) is 0 Å². The molecule has 1 saturated heterocycles. The first-order chi connectivity index (χ1) is 10.4. The zero-order valence-electron chi connectivity index (χ0n) is 12.6. The molecule has 120 valence electrons. The van der Waals surface area contributed by atoms with E-state index in [2.05, 4.69) is 19.2 Å². The lowest BCUT2D eigenvalue weighted by molar-refractivity contribution is -0.385. The maximum absolute atomic E-state index is 12.1. The third-order valence-corrected chi connectivity index (χ3v) is 3.90. The molecule has 1 fully saturated rings. The number of hydrogen-bond donors (Lipinski definition) is 2. The average molecular weight is 308 g/mol. The number of phenolic OH excluding ortho intramolecular Hbond substituents is 1. The molecule has 0 bridgehead atoms. The van der Waals surface area contributed by atoms with E-state index in [1.54, 1.807) is 0 Å². The SMILES string of the molecule is CC(C)[C@@H]1OCC[C@H]1CNC(=O)c1cccc([N+](=O)[O-])c1O.